The fourth-order valence-corrected chi connectivity index (χ4v) is 3.18. The van der Waals surface area contributed by atoms with Gasteiger partial charge in [-0.2, -0.15) is 0 Å². The lowest BCUT2D eigenvalue weighted by atomic mass is 9.65. The Labute approximate surface area is 160 Å². The van der Waals surface area contributed by atoms with Gasteiger partial charge in [0.1, 0.15) is 0 Å². The number of hydrogen-bond acceptors (Lipinski definition) is 3. The maximum absolute atomic E-state index is 12.0. The minimum atomic E-state index is -0.256. The van der Waals surface area contributed by atoms with Crippen LogP contribution >= 0.6 is 0 Å². The molecule has 1 aliphatic rings. The van der Waals surface area contributed by atoms with E-state index >= 15 is 0 Å². The van der Waals surface area contributed by atoms with Crippen LogP contribution in [0.25, 0.3) is 0 Å². The van der Waals surface area contributed by atoms with Gasteiger partial charge >= 0.3 is 0 Å². The van der Waals surface area contributed by atoms with E-state index in [4.69, 9.17) is 4.42 Å². The van der Waals surface area contributed by atoms with Crippen LogP contribution in [0.3, 0.4) is 0 Å². The van der Waals surface area contributed by atoms with E-state index in [0.717, 1.165) is 23.8 Å². The van der Waals surface area contributed by atoms with Crippen LogP contribution in [0.1, 0.15) is 43.8 Å². The van der Waals surface area contributed by atoms with Crippen molar-refractivity contribution in [3.63, 3.8) is 0 Å². The SMILES string of the molecule is CN=C(NCc1ccc(NC(=O)c2ccco2)cc1)N1CC(C)(C)C1(C)C. The third kappa shape index (κ3) is 3.70. The average molecular weight is 368 g/mol. The second-order valence-electron chi connectivity index (χ2n) is 8.06. The first-order valence-corrected chi connectivity index (χ1v) is 9.17. The molecule has 1 aromatic heterocycles. The summed E-state index contributed by atoms with van der Waals surface area (Å²) in [7, 11) is 1.82. The van der Waals surface area contributed by atoms with Crippen LogP contribution in [0.4, 0.5) is 5.69 Å². The Morgan fingerprint density at radius 2 is 1.89 bits per heavy atom. The zero-order chi connectivity index (χ0) is 19.7. The molecule has 2 aromatic rings. The van der Waals surface area contributed by atoms with E-state index in [-0.39, 0.29) is 16.9 Å². The number of anilines is 1. The lowest BCUT2D eigenvalue weighted by molar-refractivity contribution is -0.0667. The van der Waals surface area contributed by atoms with E-state index in [2.05, 4.69) is 48.2 Å². The largest absolute Gasteiger partial charge is 0.459 e. The summed E-state index contributed by atoms with van der Waals surface area (Å²) < 4.78 is 5.10. The molecule has 0 bridgehead atoms. The summed E-state index contributed by atoms with van der Waals surface area (Å²) in [6.45, 7) is 10.7. The van der Waals surface area contributed by atoms with Crippen molar-refractivity contribution in [1.82, 2.24) is 10.2 Å². The van der Waals surface area contributed by atoms with Crippen LogP contribution in [0, 0.1) is 5.41 Å². The summed E-state index contributed by atoms with van der Waals surface area (Å²) in [5, 5.41) is 6.26. The molecule has 1 saturated heterocycles. The molecule has 0 radical (unpaired) electrons. The Bertz CT molecular complexity index is 820. The molecule has 0 spiro atoms. The lowest BCUT2D eigenvalue weighted by Gasteiger charge is -2.62. The summed E-state index contributed by atoms with van der Waals surface area (Å²) in [5.74, 6) is 0.952. The van der Waals surface area contributed by atoms with Gasteiger partial charge in [0, 0.05) is 36.8 Å². The minimum absolute atomic E-state index is 0.0643. The molecule has 6 nitrogen and oxygen atoms in total. The van der Waals surface area contributed by atoms with Gasteiger partial charge in [-0.05, 0) is 43.7 Å². The fraction of sp³-hybridized carbons (Fsp3) is 0.429. The number of benzene rings is 1. The number of hydrogen-bond donors (Lipinski definition) is 2. The Morgan fingerprint density at radius 3 is 2.41 bits per heavy atom. The van der Waals surface area contributed by atoms with E-state index in [0.29, 0.717) is 12.3 Å². The topological polar surface area (TPSA) is 69.9 Å². The van der Waals surface area contributed by atoms with Gasteiger partial charge in [0.05, 0.1) is 6.26 Å². The van der Waals surface area contributed by atoms with Gasteiger partial charge in [-0.15, -0.1) is 0 Å². The first-order valence-electron chi connectivity index (χ1n) is 9.17. The molecule has 2 heterocycles. The number of likely N-dealkylation sites (tertiary alicyclic amines) is 1. The molecule has 2 N–H and O–H groups in total. The molecule has 1 amide bonds. The first kappa shape index (κ1) is 19.0. The molecular weight excluding hydrogens is 340 g/mol. The van der Waals surface area contributed by atoms with Crippen LogP contribution in [0.2, 0.25) is 0 Å². The van der Waals surface area contributed by atoms with Crippen LogP contribution in [-0.2, 0) is 6.54 Å². The van der Waals surface area contributed by atoms with Gasteiger partial charge < -0.3 is 20.0 Å². The van der Waals surface area contributed by atoms with E-state index in [1.54, 1.807) is 12.1 Å². The molecule has 144 valence electrons. The standard InChI is InChI=1S/C21H28N4O2/c1-20(2)14-25(21(20,3)4)19(22-5)23-13-15-8-10-16(11-9-15)24-18(26)17-7-6-12-27-17/h6-12H,13-14H2,1-5H3,(H,22,23)(H,24,26). The second-order valence-corrected chi connectivity index (χ2v) is 8.06. The van der Waals surface area contributed by atoms with Gasteiger partial charge in [-0.1, -0.05) is 26.0 Å². The van der Waals surface area contributed by atoms with Crippen LogP contribution in [0.5, 0.6) is 0 Å². The van der Waals surface area contributed by atoms with Crippen molar-refractivity contribution in [2.24, 2.45) is 10.4 Å². The molecule has 0 unspecified atom stereocenters. The lowest BCUT2D eigenvalue weighted by Crippen LogP contribution is -2.72. The van der Waals surface area contributed by atoms with Gasteiger partial charge in [0.25, 0.3) is 5.91 Å². The number of rotatable bonds is 4. The van der Waals surface area contributed by atoms with Crippen molar-refractivity contribution < 1.29 is 9.21 Å². The second kappa shape index (κ2) is 7.10. The normalized spacial score (nSPS) is 18.0. The number of aliphatic imine (C=N–C) groups is 1. The Hall–Kier alpha value is -2.76. The third-order valence-electron chi connectivity index (χ3n) is 5.76. The first-order chi connectivity index (χ1) is 12.7. The maximum Gasteiger partial charge on any atom is 0.291 e. The molecule has 0 aliphatic carbocycles. The molecule has 1 aromatic carbocycles. The quantitative estimate of drug-likeness (QED) is 0.637. The highest BCUT2D eigenvalue weighted by atomic mass is 16.3. The van der Waals surface area contributed by atoms with E-state index < -0.39 is 0 Å². The van der Waals surface area contributed by atoms with E-state index in [9.17, 15) is 4.79 Å². The average Bonchev–Trinajstić information content (AvgIpc) is 3.17. The van der Waals surface area contributed by atoms with Crippen molar-refractivity contribution >= 4 is 17.6 Å². The van der Waals surface area contributed by atoms with Crippen molar-refractivity contribution in [2.45, 2.75) is 39.8 Å². The van der Waals surface area contributed by atoms with E-state index in [1.807, 2.05) is 31.3 Å². The van der Waals surface area contributed by atoms with Crippen molar-refractivity contribution in [3.05, 3.63) is 54.0 Å². The molecule has 1 aliphatic heterocycles. The maximum atomic E-state index is 12.0. The zero-order valence-corrected chi connectivity index (χ0v) is 16.7. The monoisotopic (exact) mass is 368 g/mol. The van der Waals surface area contributed by atoms with Gasteiger partial charge in [-0.25, -0.2) is 0 Å². The smallest absolute Gasteiger partial charge is 0.291 e. The highest BCUT2D eigenvalue weighted by Crippen LogP contribution is 2.46. The van der Waals surface area contributed by atoms with Crippen molar-refractivity contribution in [3.8, 4) is 0 Å². The summed E-state index contributed by atoms with van der Waals surface area (Å²) in [4.78, 5) is 18.7. The molecule has 6 heteroatoms. The Balaban J connectivity index is 1.56. The van der Waals surface area contributed by atoms with Crippen LogP contribution in [-0.4, -0.2) is 35.9 Å². The number of carbonyl (C=O) groups excluding carboxylic acids is 1. The highest BCUT2D eigenvalue weighted by Gasteiger charge is 2.53. The summed E-state index contributed by atoms with van der Waals surface area (Å²) in [5.41, 5.74) is 2.17. The van der Waals surface area contributed by atoms with Gasteiger partial charge in [-0.3, -0.25) is 9.79 Å². The zero-order valence-electron chi connectivity index (χ0n) is 16.7. The Kier molecular flexibility index (Phi) is 5.00. The summed E-state index contributed by atoms with van der Waals surface area (Å²) >= 11 is 0. The van der Waals surface area contributed by atoms with Gasteiger partial charge in [0.2, 0.25) is 0 Å². The molecule has 1 fully saturated rings. The number of nitrogens with zero attached hydrogens (tertiary/aromatic N) is 2. The number of amides is 1. The third-order valence-corrected chi connectivity index (χ3v) is 5.76. The summed E-state index contributed by atoms with van der Waals surface area (Å²) in [6, 6.07) is 11.1. The summed E-state index contributed by atoms with van der Waals surface area (Å²) in [6.07, 6.45) is 1.48. The molecule has 0 saturated carbocycles. The highest BCUT2D eigenvalue weighted by molar-refractivity contribution is 6.02. The molecular formula is C21H28N4O2. The van der Waals surface area contributed by atoms with Crippen LogP contribution < -0.4 is 10.6 Å². The minimum Gasteiger partial charge on any atom is -0.459 e. The number of furan rings is 1. The van der Waals surface area contributed by atoms with Crippen LogP contribution in [0.15, 0.2) is 52.1 Å². The Morgan fingerprint density at radius 1 is 1.19 bits per heavy atom. The predicted molar refractivity (Wildman–Crippen MR) is 108 cm³/mol. The fourth-order valence-electron chi connectivity index (χ4n) is 3.18. The predicted octanol–water partition coefficient (Wildman–Crippen LogP) is 3.73. The molecule has 0 atom stereocenters. The van der Waals surface area contributed by atoms with E-state index in [1.165, 1.54) is 6.26 Å². The number of guanidine groups is 1. The molecule has 27 heavy (non-hydrogen) atoms. The van der Waals surface area contributed by atoms with Crippen molar-refractivity contribution in [2.75, 3.05) is 18.9 Å². The number of nitrogens with one attached hydrogen (secondary N) is 2. The van der Waals surface area contributed by atoms with Crippen molar-refractivity contribution in [1.29, 1.82) is 0 Å². The van der Waals surface area contributed by atoms with Gasteiger partial charge in [0.15, 0.2) is 11.7 Å². The number of carbonyl (C=O) groups is 1. The molecule has 3 rings (SSSR count).